The van der Waals surface area contributed by atoms with Gasteiger partial charge < -0.3 is 10.1 Å². The van der Waals surface area contributed by atoms with E-state index in [1.807, 2.05) is 36.4 Å². The first-order chi connectivity index (χ1) is 16.1. The molecule has 2 aromatic heterocycles. The molecule has 5 nitrogen and oxygen atoms in total. The number of rotatable bonds is 7. The van der Waals surface area contributed by atoms with E-state index in [1.165, 1.54) is 15.1 Å². The molecule has 1 N–H and O–H groups in total. The third kappa shape index (κ3) is 5.13. The Morgan fingerprint density at radius 1 is 1.15 bits per heavy atom. The minimum Gasteiger partial charge on any atom is -0.497 e. The zero-order chi connectivity index (χ0) is 22.8. The number of thiophene rings is 1. The summed E-state index contributed by atoms with van der Waals surface area (Å²) in [5.74, 6) is 0.784. The molecule has 8 heteroatoms. The minimum atomic E-state index is -0.00783. The summed E-state index contributed by atoms with van der Waals surface area (Å²) < 4.78 is 6.40. The van der Waals surface area contributed by atoms with E-state index < -0.39 is 0 Å². The average molecular weight is 514 g/mol. The fourth-order valence-corrected chi connectivity index (χ4v) is 6.77. The van der Waals surface area contributed by atoms with E-state index in [9.17, 15) is 4.79 Å². The van der Waals surface area contributed by atoms with Crippen LogP contribution in [0.4, 0.5) is 5.00 Å². The van der Waals surface area contributed by atoms with Crippen LogP contribution in [-0.2, 0) is 24.2 Å². The first kappa shape index (κ1) is 24.7. The number of hydrogen-bond donors (Lipinski definition) is 1. The Labute approximate surface area is 214 Å². The van der Waals surface area contributed by atoms with E-state index in [2.05, 4.69) is 29.3 Å². The second kappa shape index (κ2) is 10.9. The molecule has 1 aliphatic heterocycles. The predicted molar refractivity (Wildman–Crippen MR) is 145 cm³/mol. The zero-order valence-corrected chi connectivity index (χ0v) is 21.7. The Morgan fingerprint density at radius 2 is 1.94 bits per heavy atom. The summed E-state index contributed by atoms with van der Waals surface area (Å²) in [6.45, 7) is 5.32. The smallest absolute Gasteiger partial charge is 0.229 e. The van der Waals surface area contributed by atoms with E-state index in [4.69, 9.17) is 9.72 Å². The number of amides is 1. The number of fused-ring (bicyclic) bond motifs is 2. The number of thiazole rings is 1. The summed E-state index contributed by atoms with van der Waals surface area (Å²) in [6.07, 6.45) is 2.47. The number of methoxy groups -OCH3 is 1. The van der Waals surface area contributed by atoms with Crippen molar-refractivity contribution >= 4 is 56.2 Å². The first-order valence-electron chi connectivity index (χ1n) is 11.3. The molecule has 0 fully saturated rings. The van der Waals surface area contributed by atoms with Gasteiger partial charge in [-0.1, -0.05) is 31.2 Å². The lowest BCUT2D eigenvalue weighted by Gasteiger charge is -2.26. The van der Waals surface area contributed by atoms with Crippen LogP contribution in [0.3, 0.4) is 0 Å². The second-order valence-corrected chi connectivity index (χ2v) is 10.4. The van der Waals surface area contributed by atoms with Gasteiger partial charge in [0.1, 0.15) is 15.8 Å². The monoisotopic (exact) mass is 513 g/mol. The summed E-state index contributed by atoms with van der Waals surface area (Å²) in [4.78, 5) is 21.8. The molecule has 1 amide bonds. The third-order valence-electron chi connectivity index (χ3n) is 5.96. The van der Waals surface area contributed by atoms with Crippen molar-refractivity contribution in [3.05, 3.63) is 64.5 Å². The third-order valence-corrected chi connectivity index (χ3v) is 8.15. The number of carbonyl (C=O) groups is 1. The first-order valence-corrected chi connectivity index (χ1v) is 12.9. The van der Waals surface area contributed by atoms with Crippen LogP contribution < -0.4 is 10.1 Å². The molecule has 0 bridgehead atoms. The number of nitrogens with one attached hydrogen (secondary N) is 1. The Balaban J connectivity index is 0.00000274. The van der Waals surface area contributed by atoms with E-state index in [-0.39, 0.29) is 18.3 Å². The van der Waals surface area contributed by atoms with Gasteiger partial charge in [0, 0.05) is 23.5 Å². The summed E-state index contributed by atoms with van der Waals surface area (Å²) in [6, 6.07) is 15.9. The number of carbonyl (C=O) groups excluding carboxylic acids is 1. The maximum Gasteiger partial charge on any atom is 0.229 e. The van der Waals surface area contributed by atoms with Crippen molar-refractivity contribution in [2.24, 2.45) is 0 Å². The van der Waals surface area contributed by atoms with Gasteiger partial charge in [0.2, 0.25) is 5.91 Å². The normalized spacial score (nSPS) is 13.4. The molecular weight excluding hydrogens is 486 g/mol. The number of benzene rings is 2. The number of anilines is 1. The molecule has 0 spiro atoms. The van der Waals surface area contributed by atoms with Gasteiger partial charge in [-0.05, 0) is 54.8 Å². The van der Waals surface area contributed by atoms with Crippen LogP contribution in [0.5, 0.6) is 5.75 Å². The summed E-state index contributed by atoms with van der Waals surface area (Å²) in [7, 11) is 1.64. The number of hydrogen-bond acceptors (Lipinski definition) is 6. The van der Waals surface area contributed by atoms with E-state index in [0.717, 1.165) is 64.9 Å². The highest BCUT2D eigenvalue weighted by atomic mass is 35.5. The molecule has 0 aliphatic carbocycles. The summed E-state index contributed by atoms with van der Waals surface area (Å²) in [5.41, 5.74) is 4.45. The van der Waals surface area contributed by atoms with Gasteiger partial charge in [0.05, 0.1) is 23.7 Å². The Kier molecular flexibility index (Phi) is 7.88. The highest BCUT2D eigenvalue weighted by molar-refractivity contribution is 7.22. The molecule has 34 heavy (non-hydrogen) atoms. The molecule has 178 valence electrons. The largest absolute Gasteiger partial charge is 0.497 e. The lowest BCUT2D eigenvalue weighted by Crippen LogP contribution is -2.30. The lowest BCUT2D eigenvalue weighted by molar-refractivity contribution is -0.115. The Morgan fingerprint density at radius 3 is 2.68 bits per heavy atom. The predicted octanol–water partition coefficient (Wildman–Crippen LogP) is 6.40. The molecular formula is C26H28ClN3O2S2. The van der Waals surface area contributed by atoms with Crippen molar-refractivity contribution in [2.45, 2.75) is 32.7 Å². The van der Waals surface area contributed by atoms with Crippen LogP contribution in [-0.4, -0.2) is 36.0 Å². The molecule has 5 rings (SSSR count). The topological polar surface area (TPSA) is 54.5 Å². The average Bonchev–Trinajstić information content (AvgIpc) is 3.40. The summed E-state index contributed by atoms with van der Waals surface area (Å²) >= 11 is 3.42. The Hall–Kier alpha value is -2.45. The molecule has 0 saturated heterocycles. The van der Waals surface area contributed by atoms with Gasteiger partial charge in [-0.15, -0.1) is 35.1 Å². The van der Waals surface area contributed by atoms with E-state index in [0.29, 0.717) is 6.42 Å². The standard InChI is InChI=1S/C26H27N3O2S2.ClH/c1-3-13-29-14-12-19-22(16-29)33-26(24(19)25-27-20-6-4-5-7-21(20)32-25)28-23(30)15-17-8-10-18(31-2)11-9-17;/h4-11H,3,12-16H2,1-2H3,(H,28,30);1H. The van der Waals surface area contributed by atoms with Crippen molar-refractivity contribution in [2.75, 3.05) is 25.5 Å². The number of para-hydroxylation sites is 1. The van der Waals surface area contributed by atoms with Crippen LogP contribution in [0.2, 0.25) is 0 Å². The quantitative estimate of drug-likeness (QED) is 0.310. The van der Waals surface area contributed by atoms with Gasteiger partial charge in [-0.2, -0.15) is 0 Å². The lowest BCUT2D eigenvalue weighted by atomic mass is 10.0. The minimum absolute atomic E-state index is 0. The van der Waals surface area contributed by atoms with E-state index in [1.54, 1.807) is 29.8 Å². The second-order valence-electron chi connectivity index (χ2n) is 8.29. The van der Waals surface area contributed by atoms with E-state index >= 15 is 0 Å². The number of ether oxygens (including phenoxy) is 1. The van der Waals surface area contributed by atoms with Crippen LogP contribution in [0.1, 0.15) is 29.3 Å². The number of nitrogens with zero attached hydrogens (tertiary/aromatic N) is 2. The fraction of sp³-hybridized carbons (Fsp3) is 0.308. The molecule has 1 aliphatic rings. The van der Waals surface area contributed by atoms with Crippen molar-refractivity contribution in [3.8, 4) is 16.3 Å². The maximum atomic E-state index is 13.0. The van der Waals surface area contributed by atoms with Gasteiger partial charge in [0.25, 0.3) is 0 Å². The molecule has 2 aromatic carbocycles. The zero-order valence-electron chi connectivity index (χ0n) is 19.3. The van der Waals surface area contributed by atoms with Crippen molar-refractivity contribution in [3.63, 3.8) is 0 Å². The number of aromatic nitrogens is 1. The number of halogens is 1. The molecule has 0 unspecified atom stereocenters. The molecule has 4 aromatic rings. The Bertz CT molecular complexity index is 1250. The van der Waals surface area contributed by atoms with Crippen molar-refractivity contribution in [1.82, 2.24) is 9.88 Å². The molecule has 0 radical (unpaired) electrons. The van der Waals surface area contributed by atoms with Gasteiger partial charge in [0.15, 0.2) is 0 Å². The van der Waals surface area contributed by atoms with Crippen LogP contribution in [0, 0.1) is 0 Å². The van der Waals surface area contributed by atoms with Crippen LogP contribution in [0.15, 0.2) is 48.5 Å². The van der Waals surface area contributed by atoms with Crippen molar-refractivity contribution < 1.29 is 9.53 Å². The highest BCUT2D eigenvalue weighted by Gasteiger charge is 2.27. The SMILES string of the molecule is CCCN1CCc2c(sc(NC(=O)Cc3ccc(OC)cc3)c2-c2nc3ccccc3s2)C1.Cl. The molecule has 3 heterocycles. The maximum absolute atomic E-state index is 13.0. The van der Waals surface area contributed by atoms with Crippen LogP contribution in [0.25, 0.3) is 20.8 Å². The van der Waals surface area contributed by atoms with Gasteiger partial charge >= 0.3 is 0 Å². The highest BCUT2D eigenvalue weighted by Crippen LogP contribution is 2.45. The molecule has 0 saturated carbocycles. The van der Waals surface area contributed by atoms with Crippen molar-refractivity contribution in [1.29, 1.82) is 0 Å². The molecule has 0 atom stereocenters. The fourth-order valence-electron chi connectivity index (χ4n) is 4.36. The van der Waals surface area contributed by atoms with Crippen LogP contribution >= 0.6 is 35.1 Å². The summed E-state index contributed by atoms with van der Waals surface area (Å²) in [5, 5.41) is 5.16. The van der Waals surface area contributed by atoms with Gasteiger partial charge in [-0.25, -0.2) is 4.98 Å². The van der Waals surface area contributed by atoms with Gasteiger partial charge in [-0.3, -0.25) is 9.69 Å².